The first-order valence-corrected chi connectivity index (χ1v) is 5.31. The Bertz CT molecular complexity index is 452. The van der Waals surface area contributed by atoms with Crippen molar-refractivity contribution in [3.63, 3.8) is 0 Å². The molecule has 0 bridgehead atoms. The number of rotatable bonds is 4. The number of phenols is 2. The van der Waals surface area contributed by atoms with Crippen molar-refractivity contribution in [3.05, 3.63) is 23.8 Å². The molecule has 1 atom stereocenters. The van der Waals surface area contributed by atoms with Gasteiger partial charge in [-0.3, -0.25) is 4.79 Å². The van der Waals surface area contributed by atoms with E-state index in [9.17, 15) is 9.90 Å². The van der Waals surface area contributed by atoms with E-state index < -0.39 is 11.9 Å². The van der Waals surface area contributed by atoms with E-state index in [1.54, 1.807) is 0 Å². The van der Waals surface area contributed by atoms with Crippen LogP contribution in [0.1, 0.15) is 30.1 Å². The van der Waals surface area contributed by atoms with E-state index in [-0.39, 0.29) is 17.1 Å². The minimum Gasteiger partial charge on any atom is -0.504 e. The van der Waals surface area contributed by atoms with Crippen LogP contribution in [0, 0.1) is 11.3 Å². The van der Waals surface area contributed by atoms with E-state index in [0.717, 1.165) is 12.5 Å². The van der Waals surface area contributed by atoms with Crippen LogP contribution in [-0.2, 0) is 0 Å². The van der Waals surface area contributed by atoms with Gasteiger partial charge in [0.2, 0.25) is 0 Å². The lowest BCUT2D eigenvalue weighted by Gasteiger charge is -2.10. The van der Waals surface area contributed by atoms with Crippen molar-refractivity contribution in [1.29, 1.82) is 5.26 Å². The highest BCUT2D eigenvalue weighted by atomic mass is 16.3. The smallest absolute Gasteiger partial charge is 0.252 e. The first-order valence-electron chi connectivity index (χ1n) is 5.31. The molecule has 1 aromatic rings. The molecule has 5 nitrogen and oxygen atoms in total. The highest BCUT2D eigenvalue weighted by Gasteiger charge is 2.13. The lowest BCUT2D eigenvalue weighted by atomic mass is 10.1. The van der Waals surface area contributed by atoms with Crippen LogP contribution in [0.15, 0.2) is 18.2 Å². The molecule has 1 aromatic carbocycles. The maximum Gasteiger partial charge on any atom is 0.252 e. The fourth-order valence-corrected chi connectivity index (χ4v) is 1.36. The number of carbonyl (C=O) groups is 1. The normalized spacial score (nSPS) is 11.5. The van der Waals surface area contributed by atoms with E-state index >= 15 is 0 Å². The van der Waals surface area contributed by atoms with Crippen LogP contribution in [-0.4, -0.2) is 22.2 Å². The van der Waals surface area contributed by atoms with Crippen molar-refractivity contribution < 1.29 is 15.0 Å². The number of hydrogen-bond donors (Lipinski definition) is 3. The number of nitriles is 1. The van der Waals surface area contributed by atoms with E-state index in [0.29, 0.717) is 6.42 Å². The second-order valence-corrected chi connectivity index (χ2v) is 3.65. The minimum atomic E-state index is -0.538. The Morgan fingerprint density at radius 2 is 2.18 bits per heavy atom. The van der Waals surface area contributed by atoms with Gasteiger partial charge >= 0.3 is 0 Å². The van der Waals surface area contributed by atoms with Gasteiger partial charge in [-0.2, -0.15) is 5.26 Å². The summed E-state index contributed by atoms with van der Waals surface area (Å²) in [5, 5.41) is 29.7. The van der Waals surface area contributed by atoms with Crippen LogP contribution in [0.4, 0.5) is 0 Å². The Labute approximate surface area is 99.3 Å². The highest BCUT2D eigenvalue weighted by molar-refractivity contribution is 5.95. The second kappa shape index (κ2) is 5.75. The van der Waals surface area contributed by atoms with Gasteiger partial charge < -0.3 is 15.5 Å². The molecule has 1 rings (SSSR count). The molecule has 0 aliphatic heterocycles. The Hall–Kier alpha value is -2.22. The summed E-state index contributed by atoms with van der Waals surface area (Å²) < 4.78 is 0. The first-order chi connectivity index (χ1) is 8.08. The van der Waals surface area contributed by atoms with Crippen LogP contribution in [0.3, 0.4) is 0 Å². The van der Waals surface area contributed by atoms with Crippen LogP contribution in [0.25, 0.3) is 0 Å². The van der Waals surface area contributed by atoms with Crippen LogP contribution >= 0.6 is 0 Å². The van der Waals surface area contributed by atoms with Gasteiger partial charge in [0.05, 0.1) is 6.07 Å². The van der Waals surface area contributed by atoms with Crippen molar-refractivity contribution in [1.82, 2.24) is 5.32 Å². The Kier molecular flexibility index (Phi) is 4.35. The van der Waals surface area contributed by atoms with Crippen LogP contribution < -0.4 is 5.32 Å². The van der Waals surface area contributed by atoms with Gasteiger partial charge in [-0.1, -0.05) is 13.3 Å². The molecule has 0 heterocycles. The fraction of sp³-hybridized carbons (Fsp3) is 0.333. The molecule has 1 amide bonds. The lowest BCUT2D eigenvalue weighted by Crippen LogP contribution is -2.33. The number of phenolic OH excluding ortho intramolecular Hbond substituents is 2. The average molecular weight is 234 g/mol. The van der Waals surface area contributed by atoms with Crippen molar-refractivity contribution in [3.8, 4) is 17.6 Å². The molecular formula is C12H14N2O3. The molecule has 5 heteroatoms. The molecule has 3 N–H and O–H groups in total. The topological polar surface area (TPSA) is 93.4 Å². The molecule has 0 saturated carbocycles. The fourth-order valence-electron chi connectivity index (χ4n) is 1.36. The summed E-state index contributed by atoms with van der Waals surface area (Å²) in [7, 11) is 0. The minimum absolute atomic E-state index is 0.205. The standard InChI is InChI=1S/C12H14N2O3/c1-2-3-9(7-13)14-12(17)8-4-5-10(15)11(16)6-8/h4-6,9,15-16H,2-3H2,1H3,(H,14,17). The number of benzene rings is 1. The predicted octanol–water partition coefficient (Wildman–Crippen LogP) is 1.52. The third-order valence-corrected chi connectivity index (χ3v) is 2.28. The molecule has 0 aliphatic carbocycles. The molecule has 0 radical (unpaired) electrons. The summed E-state index contributed by atoms with van der Waals surface area (Å²) in [6, 6.07) is 5.21. The number of nitrogens with one attached hydrogen (secondary N) is 1. The molecule has 17 heavy (non-hydrogen) atoms. The zero-order valence-corrected chi connectivity index (χ0v) is 9.47. The Morgan fingerprint density at radius 1 is 1.47 bits per heavy atom. The first kappa shape index (κ1) is 12.8. The summed E-state index contributed by atoms with van der Waals surface area (Å²) in [4.78, 5) is 11.7. The number of carbonyl (C=O) groups excluding carboxylic acids is 1. The van der Waals surface area contributed by atoms with Gasteiger partial charge in [-0.25, -0.2) is 0 Å². The molecular weight excluding hydrogens is 220 g/mol. The number of hydrogen-bond acceptors (Lipinski definition) is 4. The van der Waals surface area contributed by atoms with E-state index in [1.807, 2.05) is 13.0 Å². The summed E-state index contributed by atoms with van der Waals surface area (Å²) in [5.41, 5.74) is 0.205. The van der Waals surface area contributed by atoms with Crippen molar-refractivity contribution in [2.45, 2.75) is 25.8 Å². The maximum absolute atomic E-state index is 11.7. The van der Waals surface area contributed by atoms with E-state index in [1.165, 1.54) is 12.1 Å². The summed E-state index contributed by atoms with van der Waals surface area (Å²) in [5.74, 6) is -1.09. The molecule has 0 aliphatic rings. The number of nitrogens with zero attached hydrogens (tertiary/aromatic N) is 1. The van der Waals surface area contributed by atoms with Crippen LogP contribution in [0.5, 0.6) is 11.5 Å². The van der Waals surface area contributed by atoms with Gasteiger partial charge in [-0.05, 0) is 24.6 Å². The van der Waals surface area contributed by atoms with Crippen LogP contribution in [0.2, 0.25) is 0 Å². The van der Waals surface area contributed by atoms with E-state index in [2.05, 4.69) is 5.32 Å². The quantitative estimate of drug-likeness (QED) is 0.688. The molecule has 0 aromatic heterocycles. The third kappa shape index (κ3) is 3.38. The summed E-state index contributed by atoms with van der Waals surface area (Å²) >= 11 is 0. The molecule has 0 spiro atoms. The third-order valence-electron chi connectivity index (χ3n) is 2.28. The van der Waals surface area contributed by atoms with Gasteiger partial charge in [0.15, 0.2) is 11.5 Å². The highest BCUT2D eigenvalue weighted by Crippen LogP contribution is 2.24. The van der Waals surface area contributed by atoms with Gasteiger partial charge in [-0.15, -0.1) is 0 Å². The van der Waals surface area contributed by atoms with Gasteiger partial charge in [0.1, 0.15) is 6.04 Å². The van der Waals surface area contributed by atoms with E-state index in [4.69, 9.17) is 10.4 Å². The van der Waals surface area contributed by atoms with Gasteiger partial charge in [0.25, 0.3) is 5.91 Å². The van der Waals surface area contributed by atoms with Crippen molar-refractivity contribution >= 4 is 5.91 Å². The molecule has 0 fully saturated rings. The largest absolute Gasteiger partial charge is 0.504 e. The average Bonchev–Trinajstić information content (AvgIpc) is 2.31. The summed E-state index contributed by atoms with van der Waals surface area (Å²) in [6.07, 6.45) is 1.37. The Balaban J connectivity index is 2.76. The van der Waals surface area contributed by atoms with Crippen molar-refractivity contribution in [2.24, 2.45) is 0 Å². The number of amides is 1. The second-order valence-electron chi connectivity index (χ2n) is 3.65. The van der Waals surface area contributed by atoms with Crippen molar-refractivity contribution in [2.75, 3.05) is 0 Å². The predicted molar refractivity (Wildman–Crippen MR) is 61.5 cm³/mol. The number of aromatic hydroxyl groups is 2. The summed E-state index contributed by atoms with van der Waals surface area (Å²) in [6.45, 7) is 1.92. The SMILES string of the molecule is CCCC(C#N)NC(=O)c1ccc(O)c(O)c1. The molecule has 90 valence electrons. The monoisotopic (exact) mass is 234 g/mol. The maximum atomic E-state index is 11.7. The van der Waals surface area contributed by atoms with Gasteiger partial charge in [0, 0.05) is 5.56 Å². The molecule has 0 saturated heterocycles. The molecule has 1 unspecified atom stereocenters. The zero-order valence-electron chi connectivity index (χ0n) is 9.47. The lowest BCUT2D eigenvalue weighted by molar-refractivity contribution is 0.0943. The zero-order chi connectivity index (χ0) is 12.8. The Morgan fingerprint density at radius 3 is 2.71 bits per heavy atom.